The number of nitrogens with zero attached hydrogens (tertiary/aromatic N) is 1. The Morgan fingerprint density at radius 1 is 1.06 bits per heavy atom. The first-order valence-electron chi connectivity index (χ1n) is 10.7. The molecule has 1 heterocycles. The number of amides is 2. The van der Waals surface area contributed by atoms with Gasteiger partial charge in [-0.3, -0.25) is 9.59 Å². The van der Waals surface area contributed by atoms with Crippen molar-refractivity contribution in [2.45, 2.75) is 32.7 Å². The van der Waals surface area contributed by atoms with E-state index in [4.69, 9.17) is 9.47 Å². The van der Waals surface area contributed by atoms with Gasteiger partial charge in [-0.25, -0.2) is 0 Å². The monoisotopic (exact) mass is 422 g/mol. The highest BCUT2D eigenvalue weighted by molar-refractivity contribution is 5.94. The van der Waals surface area contributed by atoms with Crippen LogP contribution in [0.5, 0.6) is 11.5 Å². The molecule has 31 heavy (non-hydrogen) atoms. The SMILES string of the molecule is CC=Cc1ccc(OCC(=O)NCc2cccc(C(=O)N3CCCCC3)c2)c(OC)c1. The average Bonchev–Trinajstić information content (AvgIpc) is 2.82. The second kappa shape index (κ2) is 11.2. The Labute approximate surface area is 183 Å². The minimum absolute atomic E-state index is 0.0599. The fourth-order valence-electron chi connectivity index (χ4n) is 3.59. The van der Waals surface area contributed by atoms with Crippen molar-refractivity contribution in [1.82, 2.24) is 10.2 Å². The zero-order valence-electron chi connectivity index (χ0n) is 18.2. The van der Waals surface area contributed by atoms with Gasteiger partial charge < -0.3 is 19.7 Å². The molecule has 1 saturated heterocycles. The molecule has 0 atom stereocenters. The lowest BCUT2D eigenvalue weighted by atomic mass is 10.1. The molecule has 0 radical (unpaired) electrons. The molecule has 6 nitrogen and oxygen atoms in total. The van der Waals surface area contributed by atoms with E-state index < -0.39 is 0 Å². The molecule has 1 aliphatic rings. The molecular weight excluding hydrogens is 392 g/mol. The molecule has 2 amide bonds. The highest BCUT2D eigenvalue weighted by Gasteiger charge is 2.18. The van der Waals surface area contributed by atoms with Crippen LogP contribution in [-0.4, -0.2) is 43.5 Å². The van der Waals surface area contributed by atoms with Gasteiger partial charge in [0.2, 0.25) is 0 Å². The van der Waals surface area contributed by atoms with E-state index in [1.165, 1.54) is 6.42 Å². The van der Waals surface area contributed by atoms with Crippen molar-refractivity contribution >= 4 is 17.9 Å². The molecule has 0 saturated carbocycles. The smallest absolute Gasteiger partial charge is 0.258 e. The molecule has 2 aromatic carbocycles. The second-order valence-electron chi connectivity index (χ2n) is 7.53. The van der Waals surface area contributed by atoms with Gasteiger partial charge in [-0.1, -0.05) is 30.4 Å². The predicted molar refractivity (Wildman–Crippen MR) is 121 cm³/mol. The highest BCUT2D eigenvalue weighted by atomic mass is 16.5. The third-order valence-corrected chi connectivity index (χ3v) is 5.21. The van der Waals surface area contributed by atoms with E-state index >= 15 is 0 Å². The standard InChI is InChI=1S/C25H30N2O4/c1-3-8-19-11-12-22(23(16-19)30-2)31-18-24(28)26-17-20-9-7-10-21(15-20)25(29)27-13-5-4-6-14-27/h3,7-12,15-16H,4-6,13-14,17-18H2,1-2H3,(H,26,28). The molecule has 1 aliphatic heterocycles. The number of hydrogen-bond donors (Lipinski definition) is 1. The zero-order chi connectivity index (χ0) is 22.1. The Bertz CT molecular complexity index is 933. The number of ether oxygens (including phenoxy) is 2. The van der Waals surface area contributed by atoms with Gasteiger partial charge in [0, 0.05) is 25.2 Å². The average molecular weight is 423 g/mol. The minimum Gasteiger partial charge on any atom is -0.493 e. The number of carbonyl (C=O) groups excluding carboxylic acids is 2. The summed E-state index contributed by atoms with van der Waals surface area (Å²) < 4.78 is 11.0. The van der Waals surface area contributed by atoms with Crippen molar-refractivity contribution in [2.75, 3.05) is 26.8 Å². The summed E-state index contributed by atoms with van der Waals surface area (Å²) in [5.41, 5.74) is 2.54. The first kappa shape index (κ1) is 22.4. The molecular formula is C25H30N2O4. The van der Waals surface area contributed by atoms with Crippen molar-refractivity contribution in [3.8, 4) is 11.5 Å². The first-order chi connectivity index (χ1) is 15.1. The summed E-state index contributed by atoms with van der Waals surface area (Å²) >= 11 is 0. The number of carbonyl (C=O) groups is 2. The molecule has 0 unspecified atom stereocenters. The number of likely N-dealkylation sites (tertiary alicyclic amines) is 1. The molecule has 0 spiro atoms. The summed E-state index contributed by atoms with van der Waals surface area (Å²) in [6.45, 7) is 3.79. The molecule has 1 N–H and O–H groups in total. The molecule has 0 aromatic heterocycles. The Hall–Kier alpha value is -3.28. The molecule has 3 rings (SSSR count). The van der Waals surface area contributed by atoms with Crippen LogP contribution in [0.25, 0.3) is 6.08 Å². The van der Waals surface area contributed by atoms with Crippen LogP contribution >= 0.6 is 0 Å². The molecule has 0 aliphatic carbocycles. The van der Waals surface area contributed by atoms with Gasteiger partial charge in [-0.05, 0) is 61.6 Å². The lowest BCUT2D eigenvalue weighted by Crippen LogP contribution is -2.35. The molecule has 2 aromatic rings. The molecule has 0 bridgehead atoms. The number of hydrogen-bond acceptors (Lipinski definition) is 4. The number of methoxy groups -OCH3 is 1. The van der Waals surface area contributed by atoms with Crippen molar-refractivity contribution in [3.05, 3.63) is 65.2 Å². The van der Waals surface area contributed by atoms with E-state index in [1.807, 2.05) is 60.4 Å². The number of piperidine rings is 1. The van der Waals surface area contributed by atoms with E-state index in [9.17, 15) is 9.59 Å². The lowest BCUT2D eigenvalue weighted by Gasteiger charge is -2.26. The van der Waals surface area contributed by atoms with Gasteiger partial charge in [0.1, 0.15) is 0 Å². The maximum atomic E-state index is 12.7. The quantitative estimate of drug-likeness (QED) is 0.697. The van der Waals surface area contributed by atoms with Crippen molar-refractivity contribution in [2.24, 2.45) is 0 Å². The molecule has 164 valence electrons. The predicted octanol–water partition coefficient (Wildman–Crippen LogP) is 4.05. The van der Waals surface area contributed by atoms with E-state index in [0.29, 0.717) is 23.6 Å². The fraction of sp³-hybridized carbons (Fsp3) is 0.360. The van der Waals surface area contributed by atoms with Crippen LogP contribution in [0.4, 0.5) is 0 Å². The van der Waals surface area contributed by atoms with Crippen LogP contribution in [0.3, 0.4) is 0 Å². The van der Waals surface area contributed by atoms with Crippen LogP contribution in [-0.2, 0) is 11.3 Å². The Morgan fingerprint density at radius 2 is 1.87 bits per heavy atom. The van der Waals surface area contributed by atoms with Gasteiger partial charge in [0.15, 0.2) is 18.1 Å². The van der Waals surface area contributed by atoms with Crippen LogP contribution in [0.2, 0.25) is 0 Å². The van der Waals surface area contributed by atoms with E-state index in [1.54, 1.807) is 13.2 Å². The molecule has 1 fully saturated rings. The Morgan fingerprint density at radius 3 is 2.61 bits per heavy atom. The van der Waals surface area contributed by atoms with E-state index in [0.717, 1.165) is 37.1 Å². The number of allylic oxidation sites excluding steroid dienone is 1. The summed E-state index contributed by atoms with van der Waals surface area (Å²) in [7, 11) is 1.57. The highest BCUT2D eigenvalue weighted by Crippen LogP contribution is 2.28. The Kier molecular flexibility index (Phi) is 8.10. The van der Waals surface area contributed by atoms with Gasteiger partial charge in [-0.15, -0.1) is 0 Å². The summed E-state index contributed by atoms with van der Waals surface area (Å²) in [5, 5.41) is 2.84. The summed E-state index contributed by atoms with van der Waals surface area (Å²) in [6, 6.07) is 13.0. The number of benzene rings is 2. The van der Waals surface area contributed by atoms with Gasteiger partial charge in [0.05, 0.1) is 7.11 Å². The minimum atomic E-state index is -0.243. The van der Waals surface area contributed by atoms with Crippen LogP contribution < -0.4 is 14.8 Å². The summed E-state index contributed by atoms with van der Waals surface area (Å²) in [6.07, 6.45) is 7.21. The maximum Gasteiger partial charge on any atom is 0.258 e. The fourth-order valence-corrected chi connectivity index (χ4v) is 3.59. The first-order valence-corrected chi connectivity index (χ1v) is 10.7. The van der Waals surface area contributed by atoms with Crippen molar-refractivity contribution < 1.29 is 19.1 Å². The van der Waals surface area contributed by atoms with Crippen LogP contribution in [0, 0.1) is 0 Å². The van der Waals surface area contributed by atoms with Crippen LogP contribution in [0.15, 0.2) is 48.5 Å². The summed E-state index contributed by atoms with van der Waals surface area (Å²) in [5.74, 6) is 0.907. The van der Waals surface area contributed by atoms with E-state index in [-0.39, 0.29) is 18.4 Å². The molecule has 6 heteroatoms. The third-order valence-electron chi connectivity index (χ3n) is 5.21. The van der Waals surface area contributed by atoms with Gasteiger partial charge in [0.25, 0.3) is 11.8 Å². The number of rotatable bonds is 8. The second-order valence-corrected chi connectivity index (χ2v) is 7.53. The topological polar surface area (TPSA) is 67.9 Å². The maximum absolute atomic E-state index is 12.7. The number of nitrogens with one attached hydrogen (secondary N) is 1. The lowest BCUT2D eigenvalue weighted by molar-refractivity contribution is -0.123. The largest absolute Gasteiger partial charge is 0.493 e. The summed E-state index contributed by atoms with van der Waals surface area (Å²) in [4.78, 5) is 26.8. The normalized spacial score (nSPS) is 13.8. The van der Waals surface area contributed by atoms with Crippen molar-refractivity contribution in [1.29, 1.82) is 0 Å². The third kappa shape index (κ3) is 6.35. The Balaban J connectivity index is 1.52. The van der Waals surface area contributed by atoms with Crippen molar-refractivity contribution in [3.63, 3.8) is 0 Å². The van der Waals surface area contributed by atoms with Crippen LogP contribution in [0.1, 0.15) is 47.7 Å². The zero-order valence-corrected chi connectivity index (χ0v) is 18.2. The van der Waals surface area contributed by atoms with Gasteiger partial charge in [-0.2, -0.15) is 0 Å². The van der Waals surface area contributed by atoms with E-state index in [2.05, 4.69) is 5.32 Å². The van der Waals surface area contributed by atoms with Gasteiger partial charge >= 0.3 is 0 Å².